The number of benzene rings is 2. The van der Waals surface area contributed by atoms with Crippen LogP contribution in [0.25, 0.3) is 11.6 Å². The van der Waals surface area contributed by atoms with Gasteiger partial charge in [0, 0.05) is 11.3 Å². The van der Waals surface area contributed by atoms with Crippen LogP contribution in [0.2, 0.25) is 0 Å². The number of anilines is 3. The lowest BCUT2D eigenvalue weighted by Gasteiger charge is -2.10. The van der Waals surface area contributed by atoms with Crippen molar-refractivity contribution in [2.45, 2.75) is 0 Å². The lowest BCUT2D eigenvalue weighted by Crippen LogP contribution is -2.06. The SMILES string of the molecule is COc1cccc(/C=C(\C#N)c2nc(N)nc(Nc3ccccc3)n2)c1OC. The maximum absolute atomic E-state index is 9.65. The predicted molar refractivity (Wildman–Crippen MR) is 107 cm³/mol. The van der Waals surface area contributed by atoms with Gasteiger partial charge in [-0.2, -0.15) is 20.2 Å². The zero-order valence-corrected chi connectivity index (χ0v) is 15.4. The highest BCUT2D eigenvalue weighted by Gasteiger charge is 2.13. The normalized spacial score (nSPS) is 10.8. The lowest BCUT2D eigenvalue weighted by atomic mass is 10.1. The summed E-state index contributed by atoms with van der Waals surface area (Å²) >= 11 is 0. The number of para-hydroxylation sites is 2. The Morgan fingerprint density at radius 2 is 1.82 bits per heavy atom. The molecule has 0 aliphatic rings. The van der Waals surface area contributed by atoms with Gasteiger partial charge in [0.25, 0.3) is 0 Å². The van der Waals surface area contributed by atoms with Gasteiger partial charge in [-0.05, 0) is 24.3 Å². The number of aromatic nitrogens is 3. The summed E-state index contributed by atoms with van der Waals surface area (Å²) in [5.74, 6) is 1.45. The van der Waals surface area contributed by atoms with Crippen molar-refractivity contribution in [3.63, 3.8) is 0 Å². The number of methoxy groups -OCH3 is 2. The van der Waals surface area contributed by atoms with Gasteiger partial charge in [0.1, 0.15) is 6.07 Å². The van der Waals surface area contributed by atoms with E-state index < -0.39 is 0 Å². The molecule has 3 N–H and O–H groups in total. The Morgan fingerprint density at radius 3 is 2.50 bits per heavy atom. The fourth-order valence-electron chi connectivity index (χ4n) is 2.55. The van der Waals surface area contributed by atoms with Crippen LogP contribution in [0.3, 0.4) is 0 Å². The van der Waals surface area contributed by atoms with E-state index in [1.54, 1.807) is 31.4 Å². The van der Waals surface area contributed by atoms with Gasteiger partial charge in [-0.1, -0.05) is 30.3 Å². The van der Waals surface area contributed by atoms with E-state index in [0.29, 0.717) is 17.1 Å². The number of ether oxygens (including phenoxy) is 2. The Bertz CT molecular complexity index is 1040. The molecular formula is C20H18N6O2. The van der Waals surface area contributed by atoms with Crippen molar-refractivity contribution in [3.8, 4) is 17.6 Å². The molecule has 0 unspecified atom stereocenters. The van der Waals surface area contributed by atoms with Crippen LogP contribution in [-0.2, 0) is 0 Å². The van der Waals surface area contributed by atoms with E-state index >= 15 is 0 Å². The van der Waals surface area contributed by atoms with Crippen molar-refractivity contribution in [3.05, 3.63) is 59.9 Å². The Kier molecular flexibility index (Phi) is 5.67. The summed E-state index contributed by atoms with van der Waals surface area (Å²) in [6.45, 7) is 0. The smallest absolute Gasteiger partial charge is 0.232 e. The zero-order valence-electron chi connectivity index (χ0n) is 15.4. The van der Waals surface area contributed by atoms with E-state index in [1.165, 1.54) is 7.11 Å². The zero-order chi connectivity index (χ0) is 19.9. The molecule has 8 nitrogen and oxygen atoms in total. The number of allylic oxidation sites excluding steroid dienone is 1. The summed E-state index contributed by atoms with van der Waals surface area (Å²) in [4.78, 5) is 12.5. The van der Waals surface area contributed by atoms with Crippen LogP contribution in [-0.4, -0.2) is 29.2 Å². The van der Waals surface area contributed by atoms with E-state index in [2.05, 4.69) is 26.3 Å². The van der Waals surface area contributed by atoms with Gasteiger partial charge in [-0.3, -0.25) is 0 Å². The van der Waals surface area contributed by atoms with Crippen LogP contribution in [0.1, 0.15) is 11.4 Å². The van der Waals surface area contributed by atoms with E-state index in [-0.39, 0.29) is 23.3 Å². The molecule has 1 aromatic heterocycles. The highest BCUT2D eigenvalue weighted by molar-refractivity contribution is 5.89. The van der Waals surface area contributed by atoms with Crippen molar-refractivity contribution in [1.29, 1.82) is 5.26 Å². The molecular weight excluding hydrogens is 356 g/mol. The molecule has 0 aliphatic carbocycles. The number of nitrogens with one attached hydrogen (secondary N) is 1. The molecule has 0 saturated heterocycles. The minimum atomic E-state index is 0.00203. The second-order valence-electron chi connectivity index (χ2n) is 5.58. The first-order valence-corrected chi connectivity index (χ1v) is 8.31. The molecule has 140 valence electrons. The van der Waals surface area contributed by atoms with E-state index in [4.69, 9.17) is 15.2 Å². The van der Waals surface area contributed by atoms with Crippen molar-refractivity contribution in [1.82, 2.24) is 15.0 Å². The summed E-state index contributed by atoms with van der Waals surface area (Å²) < 4.78 is 10.7. The van der Waals surface area contributed by atoms with Gasteiger partial charge >= 0.3 is 0 Å². The maximum Gasteiger partial charge on any atom is 0.232 e. The molecule has 8 heteroatoms. The standard InChI is InChI=1S/C20H18N6O2/c1-27-16-10-6-7-13(17(16)28-2)11-14(12-21)18-24-19(22)26-20(25-18)23-15-8-4-3-5-9-15/h3-11H,1-2H3,(H3,22,23,24,25,26)/b14-11+. The van der Waals surface area contributed by atoms with Crippen LogP contribution in [0, 0.1) is 11.3 Å². The number of nitrogen functional groups attached to an aromatic ring is 1. The molecule has 3 aromatic rings. The molecule has 0 aliphatic heterocycles. The fourth-order valence-corrected chi connectivity index (χ4v) is 2.55. The first-order valence-electron chi connectivity index (χ1n) is 8.31. The van der Waals surface area contributed by atoms with Crippen molar-refractivity contribution >= 4 is 29.2 Å². The van der Waals surface area contributed by atoms with Crippen LogP contribution in [0.5, 0.6) is 11.5 Å². The molecule has 0 fully saturated rings. The third kappa shape index (κ3) is 4.16. The van der Waals surface area contributed by atoms with Gasteiger partial charge < -0.3 is 20.5 Å². The number of hydrogen-bond acceptors (Lipinski definition) is 8. The molecule has 0 radical (unpaired) electrons. The largest absolute Gasteiger partial charge is 0.493 e. The average Bonchev–Trinajstić information content (AvgIpc) is 2.71. The van der Waals surface area contributed by atoms with E-state index in [9.17, 15) is 5.26 Å². The number of rotatable bonds is 6. The second kappa shape index (κ2) is 8.51. The quantitative estimate of drug-likeness (QED) is 0.631. The highest BCUT2D eigenvalue weighted by atomic mass is 16.5. The Labute approximate surface area is 162 Å². The van der Waals surface area contributed by atoms with Crippen LogP contribution >= 0.6 is 0 Å². The first kappa shape index (κ1) is 18.7. The Morgan fingerprint density at radius 1 is 1.04 bits per heavy atom. The molecule has 0 amide bonds. The fraction of sp³-hybridized carbons (Fsp3) is 0.100. The first-order chi connectivity index (χ1) is 13.6. The van der Waals surface area contributed by atoms with Gasteiger partial charge in [-0.15, -0.1) is 0 Å². The molecule has 1 heterocycles. The second-order valence-corrected chi connectivity index (χ2v) is 5.58. The molecule has 28 heavy (non-hydrogen) atoms. The summed E-state index contributed by atoms with van der Waals surface area (Å²) in [5, 5.41) is 12.7. The molecule has 0 saturated carbocycles. The average molecular weight is 374 g/mol. The molecule has 0 atom stereocenters. The van der Waals surface area contributed by atoms with E-state index in [0.717, 1.165) is 5.69 Å². The number of nitrogens with two attached hydrogens (primary N) is 1. The third-order valence-electron chi connectivity index (χ3n) is 3.78. The van der Waals surface area contributed by atoms with Gasteiger partial charge in [0.05, 0.1) is 19.8 Å². The predicted octanol–water partition coefficient (Wildman–Crippen LogP) is 3.28. The topological polar surface area (TPSA) is 119 Å². The van der Waals surface area contributed by atoms with Gasteiger partial charge in [0.2, 0.25) is 11.9 Å². The molecule has 2 aromatic carbocycles. The number of hydrogen-bond donors (Lipinski definition) is 2. The Balaban J connectivity index is 2.02. The minimum Gasteiger partial charge on any atom is -0.493 e. The highest BCUT2D eigenvalue weighted by Crippen LogP contribution is 2.33. The molecule has 0 bridgehead atoms. The van der Waals surface area contributed by atoms with E-state index in [1.807, 2.05) is 30.3 Å². The lowest BCUT2D eigenvalue weighted by molar-refractivity contribution is 0.354. The number of nitrogens with zero attached hydrogens (tertiary/aromatic N) is 4. The van der Waals surface area contributed by atoms with Crippen LogP contribution in [0.4, 0.5) is 17.6 Å². The maximum atomic E-state index is 9.65. The monoisotopic (exact) mass is 374 g/mol. The van der Waals surface area contributed by atoms with Gasteiger partial charge in [-0.25, -0.2) is 0 Å². The van der Waals surface area contributed by atoms with Crippen LogP contribution < -0.4 is 20.5 Å². The summed E-state index contributed by atoms with van der Waals surface area (Å²) in [7, 11) is 3.08. The summed E-state index contributed by atoms with van der Waals surface area (Å²) in [6, 6.07) is 16.8. The Hall–Kier alpha value is -4.12. The molecule has 3 rings (SSSR count). The number of nitriles is 1. The van der Waals surface area contributed by atoms with Crippen molar-refractivity contribution in [2.24, 2.45) is 0 Å². The van der Waals surface area contributed by atoms with Crippen LogP contribution in [0.15, 0.2) is 48.5 Å². The van der Waals surface area contributed by atoms with Crippen molar-refractivity contribution < 1.29 is 9.47 Å². The summed E-state index contributed by atoms with van der Waals surface area (Å²) in [5.41, 5.74) is 7.46. The third-order valence-corrected chi connectivity index (χ3v) is 3.78. The van der Waals surface area contributed by atoms with Gasteiger partial charge in [0.15, 0.2) is 17.3 Å². The summed E-state index contributed by atoms with van der Waals surface area (Å²) in [6.07, 6.45) is 1.61. The minimum absolute atomic E-state index is 0.00203. The molecule has 0 spiro atoms. The van der Waals surface area contributed by atoms with Crippen molar-refractivity contribution in [2.75, 3.05) is 25.3 Å².